The summed E-state index contributed by atoms with van der Waals surface area (Å²) in [6.45, 7) is 0. The van der Waals surface area contributed by atoms with Crippen LogP contribution in [0.3, 0.4) is 0 Å². The molecule has 2 aliphatic heterocycles. The molecule has 2 rings (SSSR count). The fourth-order valence-corrected chi connectivity index (χ4v) is 1.91. The lowest BCUT2D eigenvalue weighted by molar-refractivity contribution is 0.0804. The monoisotopic (exact) mass is 183 g/mol. The molecule has 0 aromatic rings. The quantitative estimate of drug-likeness (QED) is 0.564. The van der Waals surface area contributed by atoms with Crippen LogP contribution in [0.4, 0.5) is 4.79 Å². The Hall–Kier alpha value is -1.03. The van der Waals surface area contributed by atoms with Crippen LogP contribution in [-0.2, 0) is 9.47 Å². The molecule has 0 radical (unpaired) electrons. The van der Waals surface area contributed by atoms with Gasteiger partial charge >= 0.3 is 6.09 Å². The molecule has 2 heterocycles. The molecule has 13 heavy (non-hydrogen) atoms. The number of fused-ring (bicyclic) bond motifs is 2. The molecule has 1 fully saturated rings. The van der Waals surface area contributed by atoms with Gasteiger partial charge in [-0.1, -0.05) is 12.2 Å². The van der Waals surface area contributed by atoms with E-state index in [4.69, 9.17) is 4.74 Å². The van der Waals surface area contributed by atoms with Gasteiger partial charge < -0.3 is 14.4 Å². The van der Waals surface area contributed by atoms with E-state index in [-0.39, 0.29) is 24.3 Å². The second-order valence-corrected chi connectivity index (χ2v) is 3.41. The van der Waals surface area contributed by atoms with Crippen LogP contribution in [0.2, 0.25) is 0 Å². The van der Waals surface area contributed by atoms with Crippen molar-refractivity contribution in [2.45, 2.75) is 24.7 Å². The second kappa shape index (κ2) is 3.03. The van der Waals surface area contributed by atoms with Crippen molar-refractivity contribution in [2.24, 2.45) is 0 Å². The molecular formula is C9H13NO3. The smallest absolute Gasteiger partial charge is 0.409 e. The van der Waals surface area contributed by atoms with Crippen LogP contribution < -0.4 is 0 Å². The fourth-order valence-electron chi connectivity index (χ4n) is 1.91. The van der Waals surface area contributed by atoms with E-state index in [9.17, 15) is 4.79 Å². The number of amides is 1. The Kier molecular flexibility index (Phi) is 2.00. The van der Waals surface area contributed by atoms with E-state index < -0.39 is 0 Å². The zero-order chi connectivity index (χ0) is 9.42. The topological polar surface area (TPSA) is 38.8 Å². The summed E-state index contributed by atoms with van der Waals surface area (Å²) < 4.78 is 10.2. The highest BCUT2D eigenvalue weighted by Crippen LogP contribution is 2.31. The standard InChI is InChI=1S/C9H13NO3/c1-10(9(11)12-2)7-5-6-3-4-8(7)13-6/h3-4,6-8H,5H2,1-2H3/t6-,7-,8-/m1/s1. The predicted octanol–water partition coefficient (Wildman–Crippen LogP) is 0.780. The molecule has 4 heteroatoms. The molecule has 0 aromatic heterocycles. The van der Waals surface area contributed by atoms with Crippen molar-refractivity contribution >= 4 is 6.09 Å². The lowest BCUT2D eigenvalue weighted by Crippen LogP contribution is -2.41. The summed E-state index contributed by atoms with van der Waals surface area (Å²) in [5, 5.41) is 0. The van der Waals surface area contributed by atoms with Gasteiger partial charge in [0.2, 0.25) is 0 Å². The number of hydrogen-bond acceptors (Lipinski definition) is 3. The maximum absolute atomic E-state index is 11.2. The highest BCUT2D eigenvalue weighted by Gasteiger charge is 2.40. The van der Waals surface area contributed by atoms with Crippen molar-refractivity contribution in [3.63, 3.8) is 0 Å². The largest absolute Gasteiger partial charge is 0.453 e. The number of ether oxygens (including phenoxy) is 2. The molecule has 3 atom stereocenters. The van der Waals surface area contributed by atoms with Gasteiger partial charge in [-0.05, 0) is 0 Å². The summed E-state index contributed by atoms with van der Waals surface area (Å²) in [5.74, 6) is 0. The summed E-state index contributed by atoms with van der Waals surface area (Å²) >= 11 is 0. The lowest BCUT2D eigenvalue weighted by Gasteiger charge is -2.26. The summed E-state index contributed by atoms with van der Waals surface area (Å²) in [7, 11) is 3.14. The summed E-state index contributed by atoms with van der Waals surface area (Å²) in [6.07, 6.45) is 4.91. The van der Waals surface area contributed by atoms with Gasteiger partial charge in [-0.15, -0.1) is 0 Å². The minimum Gasteiger partial charge on any atom is -0.453 e. The van der Waals surface area contributed by atoms with Gasteiger partial charge in [0, 0.05) is 13.5 Å². The normalized spacial score (nSPS) is 35.1. The first-order chi connectivity index (χ1) is 6.22. The first-order valence-corrected chi connectivity index (χ1v) is 4.37. The Bertz CT molecular complexity index is 251. The zero-order valence-electron chi connectivity index (χ0n) is 7.77. The van der Waals surface area contributed by atoms with Gasteiger partial charge in [-0.25, -0.2) is 4.79 Å². The molecule has 2 aliphatic rings. The maximum atomic E-state index is 11.2. The Balaban J connectivity index is 2.02. The molecule has 0 spiro atoms. The zero-order valence-corrected chi connectivity index (χ0v) is 7.77. The number of methoxy groups -OCH3 is 1. The van der Waals surface area contributed by atoms with E-state index in [1.54, 1.807) is 11.9 Å². The minimum absolute atomic E-state index is 0.0640. The van der Waals surface area contributed by atoms with Crippen LogP contribution in [0.25, 0.3) is 0 Å². The molecule has 72 valence electrons. The molecular weight excluding hydrogens is 170 g/mol. The first kappa shape index (κ1) is 8.56. The lowest BCUT2D eigenvalue weighted by atomic mass is 10.0. The van der Waals surface area contributed by atoms with E-state index in [1.807, 2.05) is 12.2 Å². The number of carbonyl (C=O) groups excluding carboxylic acids is 1. The van der Waals surface area contributed by atoms with Gasteiger partial charge in [0.25, 0.3) is 0 Å². The molecule has 1 amide bonds. The maximum Gasteiger partial charge on any atom is 0.409 e. The Labute approximate surface area is 77.1 Å². The van der Waals surface area contributed by atoms with Gasteiger partial charge in [-0.2, -0.15) is 0 Å². The van der Waals surface area contributed by atoms with Crippen LogP contribution >= 0.6 is 0 Å². The van der Waals surface area contributed by atoms with E-state index in [2.05, 4.69) is 4.74 Å². The summed E-state index contributed by atoms with van der Waals surface area (Å²) in [5.41, 5.74) is 0. The molecule has 4 nitrogen and oxygen atoms in total. The van der Waals surface area contributed by atoms with Crippen LogP contribution in [0, 0.1) is 0 Å². The van der Waals surface area contributed by atoms with E-state index >= 15 is 0 Å². The van der Waals surface area contributed by atoms with Gasteiger partial charge in [0.05, 0.1) is 25.4 Å². The van der Waals surface area contributed by atoms with Crippen LogP contribution in [0.5, 0.6) is 0 Å². The van der Waals surface area contributed by atoms with Crippen molar-refractivity contribution in [2.75, 3.05) is 14.2 Å². The summed E-state index contributed by atoms with van der Waals surface area (Å²) in [4.78, 5) is 12.8. The first-order valence-electron chi connectivity index (χ1n) is 4.37. The SMILES string of the molecule is COC(=O)N(C)[C@@H]1C[C@H]2C=C[C@H]1O2. The number of rotatable bonds is 1. The Morgan fingerprint density at radius 3 is 2.85 bits per heavy atom. The van der Waals surface area contributed by atoms with Crippen molar-refractivity contribution < 1.29 is 14.3 Å². The molecule has 1 saturated heterocycles. The Morgan fingerprint density at radius 1 is 1.62 bits per heavy atom. The third kappa shape index (κ3) is 1.31. The highest BCUT2D eigenvalue weighted by atomic mass is 16.5. The van der Waals surface area contributed by atoms with Gasteiger partial charge in [0.15, 0.2) is 0 Å². The van der Waals surface area contributed by atoms with E-state index in [0.29, 0.717) is 0 Å². The van der Waals surface area contributed by atoms with Gasteiger partial charge in [-0.3, -0.25) is 0 Å². The Morgan fingerprint density at radius 2 is 2.38 bits per heavy atom. The van der Waals surface area contributed by atoms with Gasteiger partial charge in [0.1, 0.15) is 0 Å². The third-order valence-electron chi connectivity index (χ3n) is 2.66. The molecule has 0 aromatic carbocycles. The van der Waals surface area contributed by atoms with E-state index in [0.717, 1.165) is 6.42 Å². The third-order valence-corrected chi connectivity index (χ3v) is 2.66. The summed E-state index contributed by atoms with van der Waals surface area (Å²) in [6, 6.07) is 0.141. The van der Waals surface area contributed by atoms with E-state index in [1.165, 1.54) is 7.11 Å². The number of hydrogen-bond donors (Lipinski definition) is 0. The number of likely N-dealkylation sites (N-methyl/N-ethyl adjacent to an activating group) is 1. The second-order valence-electron chi connectivity index (χ2n) is 3.41. The molecule has 2 bridgehead atoms. The van der Waals surface area contributed by atoms with Crippen LogP contribution in [-0.4, -0.2) is 43.4 Å². The molecule has 0 saturated carbocycles. The number of nitrogens with zero attached hydrogens (tertiary/aromatic N) is 1. The fraction of sp³-hybridized carbons (Fsp3) is 0.667. The average molecular weight is 183 g/mol. The van der Waals surface area contributed by atoms with Crippen molar-refractivity contribution in [1.29, 1.82) is 0 Å². The minimum atomic E-state index is -0.297. The number of carbonyl (C=O) groups is 1. The van der Waals surface area contributed by atoms with Crippen molar-refractivity contribution in [1.82, 2.24) is 4.90 Å². The molecule has 0 aliphatic carbocycles. The van der Waals surface area contributed by atoms with Crippen molar-refractivity contribution in [3.05, 3.63) is 12.2 Å². The average Bonchev–Trinajstić information content (AvgIpc) is 2.76. The van der Waals surface area contributed by atoms with Crippen molar-refractivity contribution in [3.8, 4) is 0 Å². The van der Waals surface area contributed by atoms with Crippen LogP contribution in [0.1, 0.15) is 6.42 Å². The highest BCUT2D eigenvalue weighted by molar-refractivity contribution is 5.67. The molecule has 0 unspecified atom stereocenters. The van der Waals surface area contributed by atoms with Crippen LogP contribution in [0.15, 0.2) is 12.2 Å². The molecule has 0 N–H and O–H groups in total. The predicted molar refractivity (Wildman–Crippen MR) is 46.4 cm³/mol.